The summed E-state index contributed by atoms with van der Waals surface area (Å²) in [4.78, 5) is 14.8. The largest absolute Gasteiger partial charge is 0.480 e. The highest BCUT2D eigenvalue weighted by Gasteiger charge is 2.35. The minimum Gasteiger partial charge on any atom is -0.480 e. The van der Waals surface area contributed by atoms with Crippen LogP contribution in [0.4, 0.5) is 0 Å². The van der Waals surface area contributed by atoms with Crippen LogP contribution in [0.25, 0.3) is 0 Å². The van der Waals surface area contributed by atoms with Gasteiger partial charge in [-0.2, -0.15) is 0 Å². The first-order chi connectivity index (χ1) is 11.6. The number of piperidine rings is 1. The van der Waals surface area contributed by atoms with E-state index in [1.807, 2.05) is 28.6 Å². The molecule has 1 aromatic carbocycles. The van der Waals surface area contributed by atoms with Crippen molar-refractivity contribution >= 4 is 17.5 Å². The third kappa shape index (κ3) is 2.75. The van der Waals surface area contributed by atoms with Crippen LogP contribution in [0.3, 0.4) is 0 Å². The molecule has 24 heavy (non-hydrogen) atoms. The maximum atomic E-state index is 12.9. The number of aromatic nitrogens is 3. The normalized spacial score (nSPS) is 23.0. The molecule has 2 aliphatic heterocycles. The summed E-state index contributed by atoms with van der Waals surface area (Å²) >= 11 is 6.02. The highest BCUT2D eigenvalue weighted by atomic mass is 35.5. The van der Waals surface area contributed by atoms with Gasteiger partial charge in [-0.15, -0.1) is 10.2 Å². The molecular formula is C17H19ClN4O2. The van der Waals surface area contributed by atoms with E-state index in [1.54, 1.807) is 12.4 Å². The summed E-state index contributed by atoms with van der Waals surface area (Å²) < 4.78 is 7.78. The average molecular weight is 347 g/mol. The number of amides is 1. The van der Waals surface area contributed by atoms with Gasteiger partial charge in [0.15, 0.2) is 6.10 Å². The molecule has 1 fully saturated rings. The first-order valence-corrected chi connectivity index (χ1v) is 8.57. The summed E-state index contributed by atoms with van der Waals surface area (Å²) in [5.41, 5.74) is 1.00. The zero-order chi connectivity index (χ0) is 16.7. The van der Waals surface area contributed by atoms with E-state index in [0.29, 0.717) is 18.0 Å². The third-order valence-electron chi connectivity index (χ3n) is 4.82. The van der Waals surface area contributed by atoms with Crippen molar-refractivity contribution in [2.45, 2.75) is 31.3 Å². The predicted molar refractivity (Wildman–Crippen MR) is 89.1 cm³/mol. The van der Waals surface area contributed by atoms with Gasteiger partial charge in [0.05, 0.1) is 0 Å². The van der Waals surface area contributed by atoms with E-state index in [4.69, 9.17) is 16.3 Å². The molecule has 7 heteroatoms. The number of nitrogens with zero attached hydrogens (tertiary/aromatic N) is 4. The van der Waals surface area contributed by atoms with Gasteiger partial charge in [0.25, 0.3) is 5.91 Å². The van der Waals surface area contributed by atoms with Crippen molar-refractivity contribution in [1.29, 1.82) is 0 Å². The Morgan fingerprint density at radius 2 is 2.29 bits per heavy atom. The van der Waals surface area contributed by atoms with Crippen molar-refractivity contribution in [3.05, 3.63) is 40.9 Å². The smallest absolute Gasteiger partial charge is 0.264 e. The van der Waals surface area contributed by atoms with Gasteiger partial charge in [-0.3, -0.25) is 4.79 Å². The Hall–Kier alpha value is -2.08. The van der Waals surface area contributed by atoms with Gasteiger partial charge in [0.2, 0.25) is 0 Å². The van der Waals surface area contributed by atoms with Crippen LogP contribution in [0.15, 0.2) is 24.5 Å². The second kappa shape index (κ2) is 6.09. The minimum atomic E-state index is -0.447. The molecule has 4 rings (SSSR count). The minimum absolute atomic E-state index is 0.0502. The molecule has 2 atom stereocenters. The molecule has 0 bridgehead atoms. The number of carbonyl (C=O) groups is 1. The number of halogens is 1. The van der Waals surface area contributed by atoms with Gasteiger partial charge in [0.1, 0.15) is 17.9 Å². The van der Waals surface area contributed by atoms with Crippen LogP contribution in [-0.4, -0.2) is 44.8 Å². The summed E-state index contributed by atoms with van der Waals surface area (Å²) in [5.74, 6) is 1.98. The molecule has 126 valence electrons. The van der Waals surface area contributed by atoms with Gasteiger partial charge in [0, 0.05) is 37.5 Å². The summed E-state index contributed by atoms with van der Waals surface area (Å²) in [5, 5.41) is 8.83. The highest BCUT2D eigenvalue weighted by molar-refractivity contribution is 6.30. The summed E-state index contributed by atoms with van der Waals surface area (Å²) in [6, 6.07) is 5.50. The fourth-order valence-corrected chi connectivity index (χ4v) is 3.80. The molecule has 0 radical (unpaired) electrons. The molecule has 0 spiro atoms. The third-order valence-corrected chi connectivity index (χ3v) is 5.05. The summed E-state index contributed by atoms with van der Waals surface area (Å²) in [6.45, 7) is 1.44. The SMILES string of the molecule is Cn1cnnc1[C@@H]1CCCN(C(=O)[C@H]2Cc3cc(Cl)ccc3O2)C1. The van der Waals surface area contributed by atoms with E-state index in [0.717, 1.165) is 36.5 Å². The number of likely N-dealkylation sites (tertiary alicyclic amines) is 1. The number of fused-ring (bicyclic) bond motifs is 1. The highest BCUT2D eigenvalue weighted by Crippen LogP contribution is 2.33. The van der Waals surface area contributed by atoms with Crippen molar-refractivity contribution in [2.75, 3.05) is 13.1 Å². The molecule has 2 aromatic rings. The average Bonchev–Trinajstić information content (AvgIpc) is 3.20. The van der Waals surface area contributed by atoms with E-state index in [9.17, 15) is 4.79 Å². The molecule has 0 saturated carbocycles. The van der Waals surface area contributed by atoms with Crippen LogP contribution in [0.1, 0.15) is 30.1 Å². The molecular weight excluding hydrogens is 328 g/mol. The molecule has 0 aliphatic carbocycles. The van der Waals surface area contributed by atoms with E-state index in [2.05, 4.69) is 10.2 Å². The first kappa shape index (κ1) is 15.4. The lowest BCUT2D eigenvalue weighted by Gasteiger charge is -2.33. The van der Waals surface area contributed by atoms with Crippen molar-refractivity contribution in [3.63, 3.8) is 0 Å². The second-order valence-electron chi connectivity index (χ2n) is 6.49. The zero-order valence-corrected chi connectivity index (χ0v) is 14.2. The maximum Gasteiger partial charge on any atom is 0.264 e. The van der Waals surface area contributed by atoms with Gasteiger partial charge in [-0.05, 0) is 36.6 Å². The number of benzene rings is 1. The van der Waals surface area contributed by atoms with Crippen LogP contribution in [0.2, 0.25) is 5.02 Å². The van der Waals surface area contributed by atoms with Crippen molar-refractivity contribution < 1.29 is 9.53 Å². The quantitative estimate of drug-likeness (QED) is 0.836. The molecule has 3 heterocycles. The van der Waals surface area contributed by atoms with Gasteiger partial charge in [-0.25, -0.2) is 0 Å². The van der Waals surface area contributed by atoms with E-state index in [-0.39, 0.29) is 11.8 Å². The molecule has 6 nitrogen and oxygen atoms in total. The standard InChI is InChI=1S/C17H19ClN4O2/c1-21-10-19-20-16(21)11-3-2-6-22(9-11)17(23)15-8-12-7-13(18)4-5-14(12)24-15/h4-5,7,10-11,15H,2-3,6,8-9H2,1H3/t11-,15-/m1/s1. The van der Waals surface area contributed by atoms with Crippen LogP contribution in [0.5, 0.6) is 5.75 Å². The Balaban J connectivity index is 1.46. The Morgan fingerprint density at radius 1 is 1.42 bits per heavy atom. The second-order valence-corrected chi connectivity index (χ2v) is 6.92. The van der Waals surface area contributed by atoms with E-state index in [1.165, 1.54) is 0 Å². The molecule has 1 aromatic heterocycles. The molecule has 1 amide bonds. The molecule has 2 aliphatic rings. The summed E-state index contributed by atoms with van der Waals surface area (Å²) in [7, 11) is 1.94. The fourth-order valence-electron chi connectivity index (χ4n) is 3.61. The Morgan fingerprint density at radius 3 is 3.08 bits per heavy atom. The lowest BCUT2D eigenvalue weighted by molar-refractivity contribution is -0.139. The lowest BCUT2D eigenvalue weighted by atomic mass is 9.96. The van der Waals surface area contributed by atoms with Crippen LogP contribution in [0, 0.1) is 0 Å². The Labute approximate surface area is 145 Å². The van der Waals surface area contributed by atoms with Crippen LogP contribution >= 0.6 is 11.6 Å². The lowest BCUT2D eigenvalue weighted by Crippen LogP contribution is -2.46. The van der Waals surface area contributed by atoms with Gasteiger partial charge < -0.3 is 14.2 Å². The first-order valence-electron chi connectivity index (χ1n) is 8.19. The maximum absolute atomic E-state index is 12.9. The van der Waals surface area contributed by atoms with Crippen molar-refractivity contribution in [2.24, 2.45) is 7.05 Å². The molecule has 0 N–H and O–H groups in total. The van der Waals surface area contributed by atoms with Gasteiger partial charge >= 0.3 is 0 Å². The zero-order valence-electron chi connectivity index (χ0n) is 13.5. The predicted octanol–water partition coefficient (Wildman–Crippen LogP) is 2.18. The Bertz CT molecular complexity index is 776. The topological polar surface area (TPSA) is 60.2 Å². The summed E-state index contributed by atoms with van der Waals surface area (Å²) in [6.07, 6.45) is 3.83. The fraction of sp³-hybridized carbons (Fsp3) is 0.471. The number of hydrogen-bond donors (Lipinski definition) is 0. The van der Waals surface area contributed by atoms with Gasteiger partial charge in [-0.1, -0.05) is 11.6 Å². The number of aryl methyl sites for hydroxylation is 1. The van der Waals surface area contributed by atoms with Crippen molar-refractivity contribution in [3.8, 4) is 5.75 Å². The van der Waals surface area contributed by atoms with Crippen LogP contribution < -0.4 is 4.74 Å². The van der Waals surface area contributed by atoms with E-state index >= 15 is 0 Å². The number of hydrogen-bond acceptors (Lipinski definition) is 4. The number of rotatable bonds is 2. The molecule has 0 unspecified atom stereocenters. The van der Waals surface area contributed by atoms with Crippen LogP contribution in [-0.2, 0) is 18.3 Å². The monoisotopic (exact) mass is 346 g/mol. The van der Waals surface area contributed by atoms with Crippen molar-refractivity contribution in [1.82, 2.24) is 19.7 Å². The number of carbonyl (C=O) groups excluding carboxylic acids is 1. The molecule has 1 saturated heterocycles. The van der Waals surface area contributed by atoms with E-state index < -0.39 is 6.10 Å². The Kier molecular flexibility index (Phi) is 3.92. The number of ether oxygens (including phenoxy) is 1.